The maximum absolute atomic E-state index is 10.2. The van der Waals surface area contributed by atoms with Gasteiger partial charge in [-0.15, -0.1) is 0 Å². The van der Waals surface area contributed by atoms with Crippen LogP contribution in [0.25, 0.3) is 44.3 Å². The van der Waals surface area contributed by atoms with Crippen LogP contribution in [0.2, 0.25) is 0 Å². The Hall–Kier alpha value is -6.07. The molecule has 0 bridgehead atoms. The summed E-state index contributed by atoms with van der Waals surface area (Å²) in [5.41, 5.74) is 15.3. The average molecular weight is 755 g/mol. The third-order valence-corrected chi connectivity index (χ3v) is 9.36. The highest BCUT2D eigenvalue weighted by molar-refractivity contribution is 5.96. The lowest BCUT2D eigenvalue weighted by atomic mass is 10.1. The first kappa shape index (κ1) is 42.7. The van der Waals surface area contributed by atoms with Crippen molar-refractivity contribution in [3.05, 3.63) is 107 Å². The van der Waals surface area contributed by atoms with E-state index in [-0.39, 0.29) is 7.43 Å². The summed E-state index contributed by atoms with van der Waals surface area (Å²) in [5.74, 6) is 1.52. The molecule has 1 fully saturated rings. The van der Waals surface area contributed by atoms with Gasteiger partial charge in [0, 0.05) is 43.6 Å². The van der Waals surface area contributed by atoms with Gasteiger partial charge in [-0.25, -0.2) is 0 Å². The van der Waals surface area contributed by atoms with Crippen LogP contribution in [0.4, 0.5) is 0 Å². The van der Waals surface area contributed by atoms with E-state index in [9.17, 15) is 15.3 Å². The van der Waals surface area contributed by atoms with Gasteiger partial charge in [0.25, 0.3) is 0 Å². The number of nitrogens with one attached hydrogen (secondary N) is 1. The lowest BCUT2D eigenvalue weighted by Gasteiger charge is -2.10. The fraction of sp³-hybridized carbons (Fsp3) is 0.326. The number of hydrogen-bond donors (Lipinski definition) is 2. The molecule has 1 aliphatic rings. The molecule has 56 heavy (non-hydrogen) atoms. The van der Waals surface area contributed by atoms with Gasteiger partial charge in [-0.05, 0) is 123 Å². The highest BCUT2D eigenvalue weighted by Gasteiger charge is 2.19. The number of rotatable bonds is 12. The van der Waals surface area contributed by atoms with Crippen LogP contribution in [0.1, 0.15) is 56.4 Å². The number of aryl methyl sites for hydroxylation is 4. The van der Waals surface area contributed by atoms with Gasteiger partial charge in [0.15, 0.2) is 0 Å². The molecule has 6 aromatic rings. The molecule has 2 aromatic heterocycles. The fourth-order valence-corrected chi connectivity index (χ4v) is 6.79. The molecule has 0 radical (unpaired) electrons. The highest BCUT2D eigenvalue weighted by atomic mass is 16.5. The smallest absolute Gasteiger partial charge is 0.207 e. The first-order valence-electron chi connectivity index (χ1n) is 18.9. The Balaban J connectivity index is 0.000000218. The van der Waals surface area contributed by atoms with E-state index < -0.39 is 0 Å². The van der Waals surface area contributed by atoms with Crippen LogP contribution in [0.5, 0.6) is 11.5 Å². The topological polar surface area (TPSA) is 140 Å². The van der Waals surface area contributed by atoms with Crippen LogP contribution in [0.3, 0.4) is 0 Å². The van der Waals surface area contributed by atoms with Gasteiger partial charge in [-0.2, -0.15) is 10.5 Å². The van der Waals surface area contributed by atoms with E-state index >= 15 is 0 Å². The summed E-state index contributed by atoms with van der Waals surface area (Å²) in [6.07, 6.45) is 3.21. The number of amides is 1. The molecule has 0 atom stereocenters. The van der Waals surface area contributed by atoms with Crippen molar-refractivity contribution in [1.82, 2.24) is 14.5 Å². The van der Waals surface area contributed by atoms with Gasteiger partial charge in [0.1, 0.15) is 36.9 Å². The summed E-state index contributed by atoms with van der Waals surface area (Å²) in [6.45, 7) is 13.8. The van der Waals surface area contributed by atoms with Crippen molar-refractivity contribution in [3.8, 4) is 46.2 Å². The van der Waals surface area contributed by atoms with E-state index in [0.29, 0.717) is 38.3 Å². The number of carbonyl (C=O) groups excluding carboxylic acids is 1. The minimum atomic E-state index is 0. The van der Waals surface area contributed by atoms with E-state index in [1.165, 1.54) is 24.0 Å². The molecule has 4 aromatic carbocycles. The summed E-state index contributed by atoms with van der Waals surface area (Å²) in [4.78, 5) is 10.2. The monoisotopic (exact) mass is 754 g/mol. The van der Waals surface area contributed by atoms with Crippen LogP contribution in [-0.4, -0.2) is 55.1 Å². The number of carbonyl (C=O) groups is 1. The van der Waals surface area contributed by atoms with Crippen molar-refractivity contribution >= 4 is 28.2 Å². The van der Waals surface area contributed by atoms with E-state index in [1.807, 2.05) is 66.7 Å². The zero-order chi connectivity index (χ0) is 39.2. The quantitative estimate of drug-likeness (QED) is 0.0939. The van der Waals surface area contributed by atoms with Crippen molar-refractivity contribution in [1.29, 1.82) is 10.5 Å². The minimum Gasteiger partial charge on any atom is -0.492 e. The molecule has 10 nitrogen and oxygen atoms in total. The predicted molar refractivity (Wildman–Crippen MR) is 226 cm³/mol. The van der Waals surface area contributed by atoms with Gasteiger partial charge >= 0.3 is 0 Å². The van der Waals surface area contributed by atoms with Crippen LogP contribution >= 0.6 is 0 Å². The molecule has 0 unspecified atom stereocenters. The SMILES string of the molecule is C.C1CCOC1.CCn1c(-c2ccc(OCCN)cc2)c(C#N)c2ccc(C)cc21.CCn1c(-c2ccc(OCCNC=O)cc2)c(C#N)c2ccc(C)cc21. The number of benzene rings is 4. The van der Waals surface area contributed by atoms with Crippen molar-refractivity contribution in [3.63, 3.8) is 0 Å². The Morgan fingerprint density at radius 1 is 0.732 bits per heavy atom. The van der Waals surface area contributed by atoms with Crippen LogP contribution < -0.4 is 20.5 Å². The Morgan fingerprint density at radius 2 is 1.18 bits per heavy atom. The Morgan fingerprint density at radius 3 is 1.54 bits per heavy atom. The standard InChI is InChI=1S/C21H21N3O2.C20H21N3O.C4H8O.CH4/c1-3-24-20-12-15(2)4-9-18(20)19(13-22)21(24)16-5-7-17(8-6-16)26-11-10-23-14-25;1-3-23-19-12-14(2)4-9-17(19)18(13-22)20(23)15-5-7-16(8-6-15)24-11-10-21;1-2-4-5-3-1;/h4-9,12,14H,3,10-11H2,1-2H3,(H,23,25);4-9,12H,3,10-11,21H2,1-2H3;1-4H2;1H4. The van der Waals surface area contributed by atoms with Gasteiger partial charge in [0.2, 0.25) is 6.41 Å². The van der Waals surface area contributed by atoms with E-state index in [2.05, 4.69) is 72.5 Å². The molecule has 10 heteroatoms. The highest BCUT2D eigenvalue weighted by Crippen LogP contribution is 2.36. The second-order valence-electron chi connectivity index (χ2n) is 13.1. The van der Waals surface area contributed by atoms with E-state index in [1.54, 1.807) is 0 Å². The molecule has 3 N–H and O–H groups in total. The van der Waals surface area contributed by atoms with Crippen molar-refractivity contribution in [2.75, 3.05) is 39.5 Å². The Bertz CT molecular complexity index is 2260. The Labute approximate surface area is 331 Å². The lowest BCUT2D eigenvalue weighted by molar-refractivity contribution is -0.109. The molecule has 7 rings (SSSR count). The maximum Gasteiger partial charge on any atom is 0.207 e. The number of nitriles is 2. The molecule has 0 spiro atoms. The average Bonchev–Trinajstić information content (AvgIpc) is 3.97. The van der Waals surface area contributed by atoms with Gasteiger partial charge in [-0.1, -0.05) is 31.7 Å². The molecule has 1 aliphatic heterocycles. The Kier molecular flexibility index (Phi) is 16.1. The zero-order valence-corrected chi connectivity index (χ0v) is 32.2. The second-order valence-corrected chi connectivity index (χ2v) is 13.1. The van der Waals surface area contributed by atoms with E-state index in [4.69, 9.17) is 19.9 Å². The first-order valence-corrected chi connectivity index (χ1v) is 18.9. The van der Waals surface area contributed by atoms with Crippen LogP contribution in [0.15, 0.2) is 84.9 Å². The van der Waals surface area contributed by atoms with Crippen molar-refractivity contribution < 1.29 is 19.0 Å². The van der Waals surface area contributed by atoms with Gasteiger partial charge in [0.05, 0.1) is 40.1 Å². The molecule has 3 heterocycles. The molecule has 292 valence electrons. The second kappa shape index (κ2) is 21.1. The fourth-order valence-electron chi connectivity index (χ4n) is 6.79. The number of aromatic nitrogens is 2. The number of fused-ring (bicyclic) bond motifs is 2. The summed E-state index contributed by atoms with van der Waals surface area (Å²) in [5, 5.41) is 24.0. The van der Waals surface area contributed by atoms with Gasteiger partial charge in [-0.3, -0.25) is 4.79 Å². The van der Waals surface area contributed by atoms with Crippen LogP contribution in [-0.2, 0) is 22.6 Å². The molecule has 1 amide bonds. The zero-order valence-electron chi connectivity index (χ0n) is 32.2. The molecule has 0 aliphatic carbocycles. The molecule has 0 saturated carbocycles. The molecular weight excluding hydrogens is 701 g/mol. The van der Waals surface area contributed by atoms with Gasteiger partial charge < -0.3 is 34.4 Å². The third-order valence-electron chi connectivity index (χ3n) is 9.36. The van der Waals surface area contributed by atoms with Crippen LogP contribution in [0, 0.1) is 36.5 Å². The lowest BCUT2D eigenvalue weighted by Crippen LogP contribution is -2.18. The first-order chi connectivity index (χ1) is 26.9. The van der Waals surface area contributed by atoms with Crippen molar-refractivity contribution in [2.24, 2.45) is 5.73 Å². The summed E-state index contributed by atoms with van der Waals surface area (Å²) < 4.78 is 20.5. The third kappa shape index (κ3) is 9.96. The minimum absolute atomic E-state index is 0. The van der Waals surface area contributed by atoms with Crippen molar-refractivity contribution in [2.45, 2.75) is 61.1 Å². The largest absolute Gasteiger partial charge is 0.492 e. The summed E-state index contributed by atoms with van der Waals surface area (Å²) in [6, 6.07) is 32.8. The summed E-state index contributed by atoms with van der Waals surface area (Å²) in [7, 11) is 0. The maximum atomic E-state index is 10.2. The number of nitrogens with zero attached hydrogens (tertiary/aromatic N) is 4. The molecule has 1 saturated heterocycles. The number of ether oxygens (including phenoxy) is 3. The number of hydrogen-bond acceptors (Lipinski definition) is 7. The number of nitrogens with two attached hydrogens (primary N) is 1. The van der Waals surface area contributed by atoms with E-state index in [0.717, 1.165) is 87.7 Å². The predicted octanol–water partition coefficient (Wildman–Crippen LogP) is 8.91. The normalized spacial score (nSPS) is 11.6. The summed E-state index contributed by atoms with van der Waals surface area (Å²) >= 11 is 0. The molecular formula is C46H54N6O4.